The first-order valence-corrected chi connectivity index (χ1v) is 18.0. The zero-order chi connectivity index (χ0) is 46.0. The van der Waals surface area contributed by atoms with Gasteiger partial charge in [-0.1, -0.05) is 98.4 Å². The van der Waals surface area contributed by atoms with Crippen LogP contribution in [0.25, 0.3) is 0 Å². The van der Waals surface area contributed by atoms with Crippen molar-refractivity contribution in [3.05, 3.63) is 95.0 Å². The molecular formula is C46H54BNO. The Morgan fingerprint density at radius 2 is 1.24 bits per heavy atom. The zero-order valence-electron chi connectivity index (χ0n) is 43.2. The molecule has 3 heteroatoms. The van der Waals surface area contributed by atoms with Gasteiger partial charge in [0.1, 0.15) is 11.5 Å². The summed E-state index contributed by atoms with van der Waals surface area (Å²) < 4.78 is 129. The Labute approximate surface area is 315 Å². The third-order valence-electron chi connectivity index (χ3n) is 12.3. The summed E-state index contributed by atoms with van der Waals surface area (Å²) in [4.78, 5) is 1.96. The average Bonchev–Trinajstić information content (AvgIpc) is 3.16. The highest BCUT2D eigenvalue weighted by Crippen LogP contribution is 2.61. The van der Waals surface area contributed by atoms with E-state index >= 15 is 0 Å². The predicted molar refractivity (Wildman–Crippen MR) is 208 cm³/mol. The van der Waals surface area contributed by atoms with Gasteiger partial charge in [-0.3, -0.25) is 0 Å². The molecule has 2 aliphatic heterocycles. The zero-order valence-corrected chi connectivity index (χ0v) is 29.2. The number of hydrogen-bond acceptors (Lipinski definition) is 2. The quantitative estimate of drug-likeness (QED) is 0.171. The summed E-state index contributed by atoms with van der Waals surface area (Å²) in [7, 11) is 0. The standard InChI is InChI=1S/C46H54BNO/c1-43(2,3)31-10-14-35(15-11-31)48-38-16-12-32(44(4,5)6)21-36(38)47-37-22-33(45(7,8)9)13-17-40(37)49-41-24-34(23-39(48)42(41)47)46-25-28-18-29(26-46)20-30(19-28)27-46/h10-17,21-24,28-30H,18-20,25-27H2,1-9H3/i1D3,4D3,7D3,8D3,23D,24D. The Morgan fingerprint density at radius 3 is 1.90 bits per heavy atom. The highest BCUT2D eigenvalue weighted by Gasteiger charge is 2.53. The van der Waals surface area contributed by atoms with Crippen LogP contribution < -0.4 is 26.0 Å². The number of nitrogens with zero attached hydrogens (tertiary/aromatic N) is 1. The van der Waals surface area contributed by atoms with Crippen LogP contribution in [0.15, 0.2) is 72.7 Å². The molecule has 4 aliphatic carbocycles. The van der Waals surface area contributed by atoms with Crippen molar-refractivity contribution in [2.75, 3.05) is 4.90 Å². The summed E-state index contributed by atoms with van der Waals surface area (Å²) in [5.41, 5.74) is -0.183. The van der Waals surface area contributed by atoms with Gasteiger partial charge >= 0.3 is 0 Å². The molecule has 4 bridgehead atoms. The molecule has 2 heterocycles. The third kappa shape index (κ3) is 4.96. The van der Waals surface area contributed by atoms with Crippen LogP contribution in [0.2, 0.25) is 0 Å². The van der Waals surface area contributed by atoms with E-state index in [2.05, 4.69) is 0 Å². The van der Waals surface area contributed by atoms with E-state index in [0.29, 0.717) is 73.6 Å². The first-order chi connectivity index (χ1) is 28.9. The van der Waals surface area contributed by atoms with Crippen LogP contribution in [0.4, 0.5) is 17.1 Å². The van der Waals surface area contributed by atoms with Crippen LogP contribution in [0, 0.1) is 17.8 Å². The third-order valence-corrected chi connectivity index (χ3v) is 12.3. The van der Waals surface area contributed by atoms with E-state index in [1.54, 1.807) is 58.0 Å². The molecule has 0 saturated heterocycles. The number of rotatable bonds is 2. The van der Waals surface area contributed by atoms with Gasteiger partial charge in [0.15, 0.2) is 0 Å². The van der Waals surface area contributed by atoms with Crippen molar-refractivity contribution in [3.63, 3.8) is 0 Å². The second kappa shape index (κ2) is 10.3. The molecule has 252 valence electrons. The molecule has 0 atom stereocenters. The minimum atomic E-state index is -2.95. The summed E-state index contributed by atoms with van der Waals surface area (Å²) in [6.07, 6.45) is 6.11. The van der Waals surface area contributed by atoms with Crippen molar-refractivity contribution in [2.24, 2.45) is 17.8 Å². The molecule has 2 nitrogen and oxygen atoms in total. The number of ether oxygens (including phenoxy) is 1. The van der Waals surface area contributed by atoms with Crippen LogP contribution in [-0.2, 0) is 21.7 Å². The average molecular weight is 662 g/mol. The molecule has 49 heavy (non-hydrogen) atoms. The maximum Gasteiger partial charge on any atom is 0.256 e. The van der Waals surface area contributed by atoms with E-state index in [4.69, 9.17) is 21.2 Å². The first kappa shape index (κ1) is 19.8. The van der Waals surface area contributed by atoms with Crippen LogP contribution in [0.5, 0.6) is 11.5 Å². The van der Waals surface area contributed by atoms with E-state index < -0.39 is 55.8 Å². The largest absolute Gasteiger partial charge is 0.458 e. The van der Waals surface area contributed by atoms with E-state index in [9.17, 15) is 2.74 Å². The molecule has 0 spiro atoms. The van der Waals surface area contributed by atoms with Crippen LogP contribution in [0.1, 0.15) is 142 Å². The molecule has 0 radical (unpaired) electrons. The molecule has 4 fully saturated rings. The van der Waals surface area contributed by atoms with Gasteiger partial charge in [0, 0.05) is 33.5 Å². The number of benzene rings is 4. The predicted octanol–water partition coefficient (Wildman–Crippen LogP) is 10.5. The molecule has 0 N–H and O–H groups in total. The Kier molecular flexibility index (Phi) is 4.16. The highest BCUT2D eigenvalue weighted by atomic mass is 16.5. The molecule has 4 aromatic rings. The van der Waals surface area contributed by atoms with Crippen LogP contribution in [-0.4, -0.2) is 6.71 Å². The first-order valence-electron chi connectivity index (χ1n) is 25.0. The van der Waals surface area contributed by atoms with Crippen molar-refractivity contribution in [2.45, 2.75) is 122 Å². The SMILES string of the molecule is [2H]c1c2c3c(c([2H])c1C14CC5CC(CC(C5)C1)C4)N(c1ccc(C(C)(C)C([2H])([2H])[2H])cc1)c1ccc(C(C)(C)C([2H])([2H])[2H])cc1B3c1cc(C(C)(C([2H])([2H])[2H])C([2H])([2H])[2H])ccc1O2. The van der Waals surface area contributed by atoms with Crippen molar-refractivity contribution < 1.29 is 23.9 Å². The Hall–Kier alpha value is -3.46. The fourth-order valence-corrected chi connectivity index (χ4v) is 10.3. The lowest BCUT2D eigenvalue weighted by Gasteiger charge is -2.57. The molecule has 0 unspecified atom stereocenters. The Morgan fingerprint density at radius 1 is 0.673 bits per heavy atom. The van der Waals surface area contributed by atoms with Crippen molar-refractivity contribution in [1.29, 1.82) is 0 Å². The van der Waals surface area contributed by atoms with Crippen LogP contribution in [0.3, 0.4) is 0 Å². The lowest BCUT2D eigenvalue weighted by molar-refractivity contribution is -0.00522. The van der Waals surface area contributed by atoms with Gasteiger partial charge in [-0.25, -0.2) is 0 Å². The van der Waals surface area contributed by atoms with Crippen molar-refractivity contribution in [1.82, 2.24) is 0 Å². The molecule has 0 amide bonds. The molecule has 0 aromatic heterocycles. The van der Waals surface area contributed by atoms with Gasteiger partial charge in [0.05, 0.1) is 2.74 Å². The van der Waals surface area contributed by atoms with E-state index in [1.807, 2.05) is 29.2 Å². The van der Waals surface area contributed by atoms with Gasteiger partial charge in [-0.2, -0.15) is 0 Å². The minimum absolute atomic E-state index is 0.0487. The molecule has 10 rings (SSSR count). The summed E-state index contributed by atoms with van der Waals surface area (Å²) in [5.74, 6) is 2.10. The summed E-state index contributed by atoms with van der Waals surface area (Å²) in [6.45, 7) is -3.54. The lowest BCUT2D eigenvalue weighted by atomic mass is 9.33. The Balaban J connectivity index is 1.37. The van der Waals surface area contributed by atoms with Gasteiger partial charge in [0.25, 0.3) is 6.71 Å². The second-order valence-corrected chi connectivity index (χ2v) is 17.2. The van der Waals surface area contributed by atoms with E-state index in [0.717, 1.165) is 38.5 Å². The van der Waals surface area contributed by atoms with Gasteiger partial charge in [-0.15, -0.1) is 0 Å². The minimum Gasteiger partial charge on any atom is -0.458 e. The molecule has 4 saturated carbocycles. The fraction of sp³-hybridized carbons (Fsp3) is 0.478. The van der Waals surface area contributed by atoms with Crippen molar-refractivity contribution in [3.8, 4) is 11.5 Å². The van der Waals surface area contributed by atoms with Gasteiger partial charge in [-0.05, 0) is 153 Å². The maximum absolute atomic E-state index is 10.4. The Bertz CT molecular complexity index is 2480. The normalized spacial score (nSPS) is 30.3. The summed E-state index contributed by atoms with van der Waals surface area (Å²) in [6, 6.07) is 17.7. The molecular weight excluding hydrogens is 593 g/mol. The topological polar surface area (TPSA) is 12.5 Å². The summed E-state index contributed by atoms with van der Waals surface area (Å²) >= 11 is 0. The molecule has 6 aliphatic rings. The van der Waals surface area contributed by atoms with Crippen LogP contribution >= 0.6 is 0 Å². The highest BCUT2D eigenvalue weighted by molar-refractivity contribution is 6.99. The number of anilines is 3. The molecule has 4 aromatic carbocycles. The lowest BCUT2D eigenvalue weighted by Crippen LogP contribution is -2.60. The maximum atomic E-state index is 10.4. The number of fused-ring (bicyclic) bond motifs is 4. The van der Waals surface area contributed by atoms with Gasteiger partial charge < -0.3 is 9.64 Å². The number of hydrogen-bond donors (Lipinski definition) is 0. The van der Waals surface area contributed by atoms with E-state index in [1.165, 1.54) is 13.0 Å². The monoisotopic (exact) mass is 662 g/mol. The van der Waals surface area contributed by atoms with Gasteiger partial charge in [0.2, 0.25) is 0 Å². The van der Waals surface area contributed by atoms with Crippen molar-refractivity contribution >= 4 is 40.2 Å². The smallest absolute Gasteiger partial charge is 0.256 e. The fourth-order valence-electron chi connectivity index (χ4n) is 10.3. The second-order valence-electron chi connectivity index (χ2n) is 17.2. The summed E-state index contributed by atoms with van der Waals surface area (Å²) in [5, 5.41) is 0. The van der Waals surface area contributed by atoms with E-state index in [-0.39, 0.29) is 23.4 Å².